The minimum Gasteiger partial charge on any atom is -0.444 e. The molecule has 1 amide bonds. The molecule has 0 radical (unpaired) electrons. The maximum Gasteiger partial charge on any atom is 0.410 e. The lowest BCUT2D eigenvalue weighted by Crippen LogP contribution is -2.46. The summed E-state index contributed by atoms with van der Waals surface area (Å²) in [7, 11) is 1.72. The highest BCUT2D eigenvalue weighted by atomic mass is 16.6. The molecule has 1 N–H and O–H groups in total. The Morgan fingerprint density at radius 1 is 1.38 bits per heavy atom. The first-order valence-electron chi connectivity index (χ1n) is 8.04. The summed E-state index contributed by atoms with van der Waals surface area (Å²) in [4.78, 5) is 14.1. The molecule has 0 aromatic rings. The Hall–Kier alpha value is -0.810. The highest BCUT2D eigenvalue weighted by Gasteiger charge is 2.26. The molecular formula is C16H32N2O3. The van der Waals surface area contributed by atoms with Gasteiger partial charge in [0.05, 0.1) is 0 Å². The van der Waals surface area contributed by atoms with Crippen LogP contribution in [-0.2, 0) is 9.47 Å². The zero-order valence-corrected chi connectivity index (χ0v) is 14.3. The number of amides is 1. The quantitative estimate of drug-likeness (QED) is 0.848. The average Bonchev–Trinajstić information content (AvgIpc) is 2.60. The summed E-state index contributed by atoms with van der Waals surface area (Å²) in [6.07, 6.45) is 4.09. The van der Waals surface area contributed by atoms with Crippen LogP contribution in [0.2, 0.25) is 0 Å². The first-order chi connectivity index (χ1) is 9.81. The molecule has 1 rings (SSSR count). The fourth-order valence-electron chi connectivity index (χ4n) is 2.55. The summed E-state index contributed by atoms with van der Waals surface area (Å²) in [6.45, 7) is 10.2. The number of carbonyl (C=O) groups is 1. The van der Waals surface area contributed by atoms with Gasteiger partial charge in [-0.2, -0.15) is 0 Å². The number of ether oxygens (including phenoxy) is 2. The highest BCUT2D eigenvalue weighted by molar-refractivity contribution is 5.68. The number of likely N-dealkylation sites (tertiary alicyclic amines) is 1. The third-order valence-electron chi connectivity index (χ3n) is 3.60. The molecule has 2 atom stereocenters. The Kier molecular flexibility index (Phi) is 7.46. The van der Waals surface area contributed by atoms with Crippen LogP contribution in [-0.4, -0.2) is 55.5 Å². The van der Waals surface area contributed by atoms with Crippen LogP contribution >= 0.6 is 0 Å². The van der Waals surface area contributed by atoms with E-state index < -0.39 is 5.60 Å². The van der Waals surface area contributed by atoms with E-state index in [4.69, 9.17) is 9.47 Å². The van der Waals surface area contributed by atoms with Crippen LogP contribution in [0, 0.1) is 0 Å². The fraction of sp³-hybridized carbons (Fsp3) is 0.938. The third kappa shape index (κ3) is 7.67. The van der Waals surface area contributed by atoms with Crippen molar-refractivity contribution in [3.63, 3.8) is 0 Å². The summed E-state index contributed by atoms with van der Waals surface area (Å²) in [5.41, 5.74) is -0.432. The number of hydrogen-bond donors (Lipinski definition) is 1. The second kappa shape index (κ2) is 8.59. The average molecular weight is 300 g/mol. The first-order valence-corrected chi connectivity index (χ1v) is 8.04. The maximum atomic E-state index is 12.2. The predicted molar refractivity (Wildman–Crippen MR) is 84.5 cm³/mol. The lowest BCUT2D eigenvalue weighted by Gasteiger charge is -2.29. The van der Waals surface area contributed by atoms with Gasteiger partial charge in [0.25, 0.3) is 0 Å². The molecule has 21 heavy (non-hydrogen) atoms. The van der Waals surface area contributed by atoms with Crippen molar-refractivity contribution in [1.82, 2.24) is 10.2 Å². The molecule has 1 heterocycles. The second-order valence-corrected chi connectivity index (χ2v) is 6.97. The molecule has 0 bridgehead atoms. The van der Waals surface area contributed by atoms with Crippen molar-refractivity contribution < 1.29 is 14.3 Å². The Labute approximate surface area is 129 Å². The number of nitrogens with zero attached hydrogens (tertiary/aromatic N) is 1. The monoisotopic (exact) mass is 300 g/mol. The van der Waals surface area contributed by atoms with Crippen LogP contribution in [0.15, 0.2) is 0 Å². The molecule has 5 nitrogen and oxygen atoms in total. The summed E-state index contributed by atoms with van der Waals surface area (Å²) in [6, 6.07) is 0.736. The van der Waals surface area contributed by atoms with Gasteiger partial charge < -0.3 is 19.7 Å². The Balaban J connectivity index is 2.50. The van der Waals surface area contributed by atoms with Crippen molar-refractivity contribution >= 4 is 6.09 Å². The van der Waals surface area contributed by atoms with Gasteiger partial charge in [-0.05, 0) is 47.0 Å². The van der Waals surface area contributed by atoms with Crippen LogP contribution in [0.3, 0.4) is 0 Å². The molecule has 1 fully saturated rings. The van der Waals surface area contributed by atoms with E-state index in [2.05, 4.69) is 12.2 Å². The minimum absolute atomic E-state index is 0.194. The number of methoxy groups -OCH3 is 1. The van der Waals surface area contributed by atoms with Gasteiger partial charge in [-0.25, -0.2) is 4.79 Å². The van der Waals surface area contributed by atoms with E-state index in [1.54, 1.807) is 7.11 Å². The molecule has 2 unspecified atom stereocenters. The molecule has 124 valence electrons. The molecule has 1 aliphatic rings. The first kappa shape index (κ1) is 18.2. The number of nitrogens with one attached hydrogen (secondary N) is 1. The van der Waals surface area contributed by atoms with E-state index >= 15 is 0 Å². The zero-order valence-electron chi connectivity index (χ0n) is 14.3. The van der Waals surface area contributed by atoms with Gasteiger partial charge in [-0.15, -0.1) is 0 Å². The molecule has 5 heteroatoms. The molecule has 0 aromatic carbocycles. The summed E-state index contributed by atoms with van der Waals surface area (Å²) < 4.78 is 10.6. The molecule has 0 spiro atoms. The molecule has 0 saturated carbocycles. The van der Waals surface area contributed by atoms with Crippen molar-refractivity contribution in [2.24, 2.45) is 0 Å². The standard InChI is InChI=1S/C16H32N2O3/c1-13(9-11-20-5)17-14-8-6-7-10-18(12-14)15(19)21-16(2,3)4/h13-14,17H,6-12H2,1-5H3. The zero-order chi connectivity index (χ0) is 15.9. The highest BCUT2D eigenvalue weighted by Crippen LogP contribution is 2.16. The normalized spacial score (nSPS) is 21.8. The van der Waals surface area contributed by atoms with Gasteiger partial charge in [-0.1, -0.05) is 6.42 Å². The van der Waals surface area contributed by atoms with Crippen molar-refractivity contribution in [3.8, 4) is 0 Å². The lowest BCUT2D eigenvalue weighted by molar-refractivity contribution is 0.0241. The SMILES string of the molecule is COCCC(C)NC1CCCCN(C(=O)OC(C)(C)C)C1. The van der Waals surface area contributed by atoms with E-state index in [1.165, 1.54) is 0 Å². The topological polar surface area (TPSA) is 50.8 Å². The molecule has 0 aliphatic carbocycles. The van der Waals surface area contributed by atoms with Crippen molar-refractivity contribution in [1.29, 1.82) is 0 Å². The third-order valence-corrected chi connectivity index (χ3v) is 3.60. The smallest absolute Gasteiger partial charge is 0.410 e. The summed E-state index contributed by atoms with van der Waals surface area (Å²) >= 11 is 0. The van der Waals surface area contributed by atoms with Gasteiger partial charge in [0.2, 0.25) is 0 Å². The Morgan fingerprint density at radius 2 is 2.10 bits per heavy atom. The van der Waals surface area contributed by atoms with Gasteiger partial charge in [0.1, 0.15) is 5.60 Å². The van der Waals surface area contributed by atoms with Crippen molar-refractivity contribution in [2.75, 3.05) is 26.8 Å². The fourth-order valence-corrected chi connectivity index (χ4v) is 2.55. The number of rotatable bonds is 5. The minimum atomic E-state index is -0.432. The number of hydrogen-bond acceptors (Lipinski definition) is 4. The summed E-state index contributed by atoms with van der Waals surface area (Å²) in [5, 5.41) is 3.61. The molecule has 0 aromatic heterocycles. The van der Waals surface area contributed by atoms with Crippen LogP contribution < -0.4 is 5.32 Å². The molecule has 1 aliphatic heterocycles. The van der Waals surface area contributed by atoms with E-state index in [0.717, 1.165) is 45.4 Å². The van der Waals surface area contributed by atoms with Crippen molar-refractivity contribution in [2.45, 2.75) is 71.1 Å². The van der Waals surface area contributed by atoms with Crippen LogP contribution in [0.1, 0.15) is 53.4 Å². The van der Waals surface area contributed by atoms with E-state index in [0.29, 0.717) is 12.1 Å². The number of carbonyl (C=O) groups excluding carboxylic acids is 1. The van der Waals surface area contributed by atoms with E-state index in [9.17, 15) is 4.79 Å². The lowest BCUT2D eigenvalue weighted by atomic mass is 10.1. The predicted octanol–water partition coefficient (Wildman–Crippen LogP) is 2.79. The molecular weight excluding hydrogens is 268 g/mol. The molecule has 1 saturated heterocycles. The Morgan fingerprint density at radius 3 is 2.71 bits per heavy atom. The van der Waals surface area contributed by atoms with Crippen LogP contribution in [0.4, 0.5) is 4.79 Å². The largest absolute Gasteiger partial charge is 0.444 e. The maximum absolute atomic E-state index is 12.2. The van der Waals surface area contributed by atoms with Gasteiger partial charge in [0.15, 0.2) is 0 Å². The van der Waals surface area contributed by atoms with E-state index in [-0.39, 0.29) is 6.09 Å². The van der Waals surface area contributed by atoms with Crippen molar-refractivity contribution in [3.05, 3.63) is 0 Å². The Bertz CT molecular complexity index is 315. The second-order valence-electron chi connectivity index (χ2n) is 6.97. The van der Waals surface area contributed by atoms with Gasteiger partial charge in [-0.3, -0.25) is 0 Å². The van der Waals surface area contributed by atoms with E-state index in [1.807, 2.05) is 25.7 Å². The van der Waals surface area contributed by atoms with Crippen LogP contribution in [0.5, 0.6) is 0 Å². The van der Waals surface area contributed by atoms with Crippen LogP contribution in [0.25, 0.3) is 0 Å². The summed E-state index contributed by atoms with van der Waals surface area (Å²) in [5.74, 6) is 0. The van der Waals surface area contributed by atoms with Gasteiger partial charge in [0, 0.05) is 38.9 Å². The van der Waals surface area contributed by atoms with Gasteiger partial charge >= 0.3 is 6.09 Å².